The van der Waals surface area contributed by atoms with E-state index in [0.29, 0.717) is 0 Å². The van der Waals surface area contributed by atoms with Gasteiger partial charge in [0.05, 0.1) is 11.8 Å². The first-order valence-corrected chi connectivity index (χ1v) is 5.73. The molecule has 16 heavy (non-hydrogen) atoms. The fourth-order valence-electron chi connectivity index (χ4n) is 1.55. The highest BCUT2D eigenvalue weighted by molar-refractivity contribution is 5.57. The predicted octanol–water partition coefficient (Wildman–Crippen LogP) is 2.29. The summed E-state index contributed by atoms with van der Waals surface area (Å²) < 4.78 is 5.74. The zero-order chi connectivity index (χ0) is 12.0. The number of anilines is 1. The molecule has 1 aromatic carbocycles. The summed E-state index contributed by atoms with van der Waals surface area (Å²) in [6.45, 7) is 5.08. The van der Waals surface area contributed by atoms with Gasteiger partial charge < -0.3 is 14.7 Å². The second kappa shape index (κ2) is 6.38. The molecule has 3 nitrogen and oxygen atoms in total. The van der Waals surface area contributed by atoms with Crippen molar-refractivity contribution in [1.29, 1.82) is 0 Å². The Balaban J connectivity index is 2.76. The Morgan fingerprint density at radius 2 is 2.00 bits per heavy atom. The molecule has 0 radical (unpaired) electrons. The molecule has 0 spiro atoms. The normalized spacial score (nSPS) is 10.6. The molecule has 0 bridgehead atoms. The number of aliphatic hydroxyl groups is 1. The van der Waals surface area contributed by atoms with Gasteiger partial charge in [-0.2, -0.15) is 0 Å². The molecular weight excluding hydrogens is 202 g/mol. The van der Waals surface area contributed by atoms with Gasteiger partial charge in [-0.1, -0.05) is 12.1 Å². The van der Waals surface area contributed by atoms with Gasteiger partial charge in [0.1, 0.15) is 5.75 Å². The lowest BCUT2D eigenvalue weighted by molar-refractivity contribution is 0.242. The average molecular weight is 223 g/mol. The van der Waals surface area contributed by atoms with Crippen LogP contribution in [-0.4, -0.2) is 31.4 Å². The van der Waals surface area contributed by atoms with Crippen molar-refractivity contribution in [2.75, 3.05) is 25.1 Å². The maximum atomic E-state index is 8.82. The van der Waals surface area contributed by atoms with Crippen molar-refractivity contribution >= 4 is 5.69 Å². The molecule has 0 heterocycles. The number of nitrogens with zero attached hydrogens (tertiary/aromatic N) is 1. The van der Waals surface area contributed by atoms with Crippen LogP contribution in [0.25, 0.3) is 0 Å². The highest BCUT2D eigenvalue weighted by Gasteiger charge is 2.08. The van der Waals surface area contributed by atoms with E-state index >= 15 is 0 Å². The van der Waals surface area contributed by atoms with Crippen LogP contribution >= 0.6 is 0 Å². The summed E-state index contributed by atoms with van der Waals surface area (Å²) in [5.74, 6) is 0.901. The van der Waals surface area contributed by atoms with E-state index in [1.54, 1.807) is 0 Å². The van der Waals surface area contributed by atoms with Gasteiger partial charge in [0.15, 0.2) is 0 Å². The zero-order valence-corrected chi connectivity index (χ0v) is 10.3. The van der Waals surface area contributed by atoms with E-state index in [2.05, 4.69) is 4.90 Å². The van der Waals surface area contributed by atoms with Crippen LogP contribution in [0.5, 0.6) is 5.75 Å². The fraction of sp³-hybridized carbons (Fsp3) is 0.538. The van der Waals surface area contributed by atoms with E-state index in [9.17, 15) is 0 Å². The number of aliphatic hydroxyl groups excluding tert-OH is 1. The summed E-state index contributed by atoms with van der Waals surface area (Å²) in [5.41, 5.74) is 1.07. The van der Waals surface area contributed by atoms with Gasteiger partial charge in [-0.25, -0.2) is 0 Å². The van der Waals surface area contributed by atoms with Crippen LogP contribution in [0.1, 0.15) is 20.3 Å². The van der Waals surface area contributed by atoms with Crippen LogP contribution < -0.4 is 9.64 Å². The van der Waals surface area contributed by atoms with E-state index in [-0.39, 0.29) is 12.7 Å². The lowest BCUT2D eigenvalue weighted by Gasteiger charge is -2.23. The monoisotopic (exact) mass is 223 g/mol. The van der Waals surface area contributed by atoms with Gasteiger partial charge in [0.25, 0.3) is 0 Å². The molecule has 90 valence electrons. The Morgan fingerprint density at radius 1 is 1.31 bits per heavy atom. The first kappa shape index (κ1) is 12.8. The van der Waals surface area contributed by atoms with Crippen molar-refractivity contribution in [1.82, 2.24) is 0 Å². The molecule has 0 aliphatic heterocycles. The topological polar surface area (TPSA) is 32.7 Å². The minimum absolute atomic E-state index is 0.174. The van der Waals surface area contributed by atoms with Crippen molar-refractivity contribution in [2.45, 2.75) is 26.4 Å². The van der Waals surface area contributed by atoms with Gasteiger partial charge in [-0.15, -0.1) is 0 Å². The van der Waals surface area contributed by atoms with Gasteiger partial charge in [0, 0.05) is 20.2 Å². The fourth-order valence-corrected chi connectivity index (χ4v) is 1.55. The summed E-state index contributed by atoms with van der Waals surface area (Å²) in [6.07, 6.45) is 0.944. The Kier molecular flexibility index (Phi) is 5.12. The minimum Gasteiger partial charge on any atom is -0.489 e. The number of rotatable bonds is 6. The molecule has 0 atom stereocenters. The number of benzene rings is 1. The minimum atomic E-state index is 0.174. The molecule has 0 aliphatic rings. The van der Waals surface area contributed by atoms with Crippen LogP contribution in [0.2, 0.25) is 0 Å². The van der Waals surface area contributed by atoms with Crippen LogP contribution in [0.15, 0.2) is 24.3 Å². The Morgan fingerprint density at radius 3 is 2.62 bits per heavy atom. The Labute approximate surface area is 97.7 Å². The molecule has 0 amide bonds. The smallest absolute Gasteiger partial charge is 0.142 e. The summed E-state index contributed by atoms with van der Waals surface area (Å²) in [4.78, 5) is 2.11. The van der Waals surface area contributed by atoms with Crippen molar-refractivity contribution in [2.24, 2.45) is 0 Å². The second-order valence-corrected chi connectivity index (χ2v) is 4.13. The van der Waals surface area contributed by atoms with Crippen LogP contribution in [0.3, 0.4) is 0 Å². The standard InChI is InChI=1S/C13H21NO2/c1-11(2)16-13-8-5-4-7-12(13)14(3)9-6-10-15/h4-5,7-8,11,15H,6,9-10H2,1-3H3. The molecule has 1 rings (SSSR count). The number of para-hydroxylation sites is 2. The quantitative estimate of drug-likeness (QED) is 0.803. The summed E-state index contributed by atoms with van der Waals surface area (Å²) in [5, 5.41) is 8.82. The van der Waals surface area contributed by atoms with Crippen LogP contribution in [0.4, 0.5) is 5.69 Å². The molecule has 3 heteroatoms. The number of ether oxygens (including phenoxy) is 1. The predicted molar refractivity (Wildman–Crippen MR) is 67.2 cm³/mol. The average Bonchev–Trinajstić information content (AvgIpc) is 2.26. The molecule has 0 unspecified atom stereocenters. The van der Waals surface area contributed by atoms with Crippen molar-refractivity contribution in [3.63, 3.8) is 0 Å². The highest BCUT2D eigenvalue weighted by Crippen LogP contribution is 2.27. The summed E-state index contributed by atoms with van der Waals surface area (Å²) in [7, 11) is 2.01. The molecule has 0 saturated carbocycles. The molecule has 0 aliphatic carbocycles. The maximum absolute atomic E-state index is 8.82. The van der Waals surface area contributed by atoms with Crippen molar-refractivity contribution in [3.8, 4) is 5.75 Å². The van der Waals surface area contributed by atoms with E-state index < -0.39 is 0 Å². The van der Waals surface area contributed by atoms with Crippen LogP contribution in [0, 0.1) is 0 Å². The molecule has 0 aromatic heterocycles. The molecule has 0 fully saturated rings. The Hall–Kier alpha value is -1.22. The van der Waals surface area contributed by atoms with Crippen molar-refractivity contribution < 1.29 is 9.84 Å². The molecule has 1 aromatic rings. The second-order valence-electron chi connectivity index (χ2n) is 4.13. The highest BCUT2D eigenvalue weighted by atomic mass is 16.5. The first-order chi connectivity index (χ1) is 7.65. The molecular formula is C13H21NO2. The van der Waals surface area contributed by atoms with Crippen molar-refractivity contribution in [3.05, 3.63) is 24.3 Å². The van der Waals surface area contributed by atoms with Crippen LogP contribution in [-0.2, 0) is 0 Å². The van der Waals surface area contributed by atoms with E-state index in [4.69, 9.17) is 9.84 Å². The van der Waals surface area contributed by atoms with Gasteiger partial charge in [-0.05, 0) is 32.4 Å². The molecule has 0 saturated heterocycles. The number of hydrogen-bond donors (Lipinski definition) is 1. The summed E-state index contributed by atoms with van der Waals surface area (Å²) in [6, 6.07) is 7.99. The largest absolute Gasteiger partial charge is 0.489 e. The lowest BCUT2D eigenvalue weighted by Crippen LogP contribution is -2.21. The first-order valence-electron chi connectivity index (χ1n) is 5.73. The van der Waals surface area contributed by atoms with E-state index in [1.807, 2.05) is 45.2 Å². The van der Waals surface area contributed by atoms with Gasteiger partial charge in [0.2, 0.25) is 0 Å². The van der Waals surface area contributed by atoms with E-state index in [0.717, 1.165) is 24.4 Å². The molecule has 1 N–H and O–H groups in total. The lowest BCUT2D eigenvalue weighted by atomic mass is 10.2. The van der Waals surface area contributed by atoms with Gasteiger partial charge in [-0.3, -0.25) is 0 Å². The summed E-state index contributed by atoms with van der Waals surface area (Å²) >= 11 is 0. The number of hydrogen-bond acceptors (Lipinski definition) is 3. The third-order valence-electron chi connectivity index (χ3n) is 2.29. The Bertz CT molecular complexity index is 313. The SMILES string of the molecule is CC(C)Oc1ccccc1N(C)CCCO. The third-order valence-corrected chi connectivity index (χ3v) is 2.29. The van der Waals surface area contributed by atoms with Gasteiger partial charge >= 0.3 is 0 Å². The maximum Gasteiger partial charge on any atom is 0.142 e. The zero-order valence-electron chi connectivity index (χ0n) is 10.3. The third kappa shape index (κ3) is 3.74. The van der Waals surface area contributed by atoms with E-state index in [1.165, 1.54) is 0 Å².